The average molecular weight is 463 g/mol. The Hall–Kier alpha value is -2.27. The Bertz CT molecular complexity index is 1040. The molecule has 3 rings (SSSR count). The summed E-state index contributed by atoms with van der Waals surface area (Å²) in [6.07, 6.45) is 4.71. The summed E-state index contributed by atoms with van der Waals surface area (Å²) in [7, 11) is 1.64. The number of nitrogens with zero attached hydrogens (tertiary/aromatic N) is 3. The van der Waals surface area contributed by atoms with Gasteiger partial charge in [-0.1, -0.05) is 30.0 Å². The van der Waals surface area contributed by atoms with Crippen LogP contribution in [0.5, 0.6) is 0 Å². The molecule has 0 aliphatic carbocycles. The molecule has 0 aromatic carbocycles. The van der Waals surface area contributed by atoms with Gasteiger partial charge in [-0.3, -0.25) is 18.9 Å². The molecule has 31 heavy (non-hydrogen) atoms. The smallest absolute Gasteiger partial charge is 0.267 e. The van der Waals surface area contributed by atoms with Crippen LogP contribution in [0.4, 0.5) is 5.82 Å². The van der Waals surface area contributed by atoms with Gasteiger partial charge in [-0.2, -0.15) is 0 Å². The van der Waals surface area contributed by atoms with E-state index in [4.69, 9.17) is 21.7 Å². The molecule has 0 radical (unpaired) electrons. The van der Waals surface area contributed by atoms with Crippen LogP contribution in [-0.2, 0) is 14.3 Å². The number of methoxy groups -OCH3 is 1. The first-order chi connectivity index (χ1) is 15.1. The number of carbonyl (C=O) groups is 1. The van der Waals surface area contributed by atoms with E-state index in [-0.39, 0.29) is 11.5 Å². The Morgan fingerprint density at radius 1 is 1.26 bits per heavy atom. The number of pyridine rings is 1. The van der Waals surface area contributed by atoms with Gasteiger partial charge in [-0.05, 0) is 38.0 Å². The van der Waals surface area contributed by atoms with Gasteiger partial charge in [0.25, 0.3) is 11.5 Å². The fourth-order valence-electron chi connectivity index (χ4n) is 3.08. The molecule has 1 aliphatic rings. The zero-order chi connectivity index (χ0) is 22.2. The normalized spacial score (nSPS) is 15.4. The van der Waals surface area contributed by atoms with Crippen LogP contribution in [0, 0.1) is 0 Å². The molecule has 166 valence electrons. The first kappa shape index (κ1) is 23.4. The molecular weight excluding hydrogens is 436 g/mol. The lowest BCUT2D eigenvalue weighted by Gasteiger charge is -2.14. The molecule has 0 atom stereocenters. The maximum absolute atomic E-state index is 13.2. The monoisotopic (exact) mass is 462 g/mol. The number of rotatable bonds is 11. The van der Waals surface area contributed by atoms with Crippen molar-refractivity contribution in [3.05, 3.63) is 45.2 Å². The zero-order valence-corrected chi connectivity index (χ0v) is 19.3. The number of anilines is 1. The lowest BCUT2D eigenvalue weighted by molar-refractivity contribution is -0.122. The lowest BCUT2D eigenvalue weighted by Crippen LogP contribution is -2.29. The molecule has 2 aromatic rings. The summed E-state index contributed by atoms with van der Waals surface area (Å²) in [5.41, 5.74) is 0.611. The number of hydrogen-bond donors (Lipinski definition) is 1. The summed E-state index contributed by atoms with van der Waals surface area (Å²) < 4.78 is 12.4. The van der Waals surface area contributed by atoms with E-state index >= 15 is 0 Å². The van der Waals surface area contributed by atoms with E-state index in [1.165, 1.54) is 16.2 Å². The molecule has 0 bridgehead atoms. The summed E-state index contributed by atoms with van der Waals surface area (Å²) in [5, 5.41) is 3.21. The number of carbonyl (C=O) groups excluding carboxylic acids is 1. The molecule has 10 heteroatoms. The highest BCUT2D eigenvalue weighted by Crippen LogP contribution is 2.33. The van der Waals surface area contributed by atoms with E-state index in [1.54, 1.807) is 36.4 Å². The standard InChI is InChI=1S/C21H26N4O4S2/c1-3-29-13-7-11-25-20(27)16(31-21(25)30)14-15-18(22-9-6-12-28-2)23-17-8-4-5-10-24(17)19(15)26/h4-5,8,10,14,22H,3,6-7,9,11-13H2,1-2H3/b16-14+. The second-order valence-electron chi connectivity index (χ2n) is 6.77. The van der Waals surface area contributed by atoms with E-state index in [1.807, 2.05) is 13.0 Å². The fraction of sp³-hybridized carbons (Fsp3) is 0.429. The molecule has 0 spiro atoms. The Labute approximate surface area is 190 Å². The molecule has 8 nitrogen and oxygen atoms in total. The van der Waals surface area contributed by atoms with Gasteiger partial charge in [0.05, 0.1) is 10.5 Å². The first-order valence-corrected chi connectivity index (χ1v) is 11.4. The minimum atomic E-state index is -0.249. The third-order valence-electron chi connectivity index (χ3n) is 4.61. The van der Waals surface area contributed by atoms with Crippen molar-refractivity contribution >= 4 is 51.7 Å². The minimum Gasteiger partial charge on any atom is -0.385 e. The Kier molecular flexibility index (Phi) is 8.59. The molecule has 1 amide bonds. The molecule has 2 aromatic heterocycles. The molecule has 0 saturated carbocycles. The second kappa shape index (κ2) is 11.4. The van der Waals surface area contributed by atoms with E-state index in [9.17, 15) is 9.59 Å². The molecule has 1 saturated heterocycles. The lowest BCUT2D eigenvalue weighted by atomic mass is 10.2. The van der Waals surface area contributed by atoms with Crippen LogP contribution < -0.4 is 10.9 Å². The molecular formula is C21H26N4O4S2. The highest BCUT2D eigenvalue weighted by molar-refractivity contribution is 8.26. The maximum atomic E-state index is 13.2. The Morgan fingerprint density at radius 3 is 2.87 bits per heavy atom. The van der Waals surface area contributed by atoms with Crippen molar-refractivity contribution in [2.45, 2.75) is 19.8 Å². The van der Waals surface area contributed by atoms with Crippen molar-refractivity contribution in [2.24, 2.45) is 0 Å². The van der Waals surface area contributed by atoms with Gasteiger partial charge in [0, 0.05) is 46.2 Å². The fourth-order valence-corrected chi connectivity index (χ4v) is 4.37. The Morgan fingerprint density at radius 2 is 2.10 bits per heavy atom. The van der Waals surface area contributed by atoms with Gasteiger partial charge in [0.15, 0.2) is 0 Å². The number of amides is 1. The van der Waals surface area contributed by atoms with E-state index in [0.717, 1.165) is 6.42 Å². The largest absolute Gasteiger partial charge is 0.385 e. The van der Waals surface area contributed by atoms with E-state index < -0.39 is 0 Å². The van der Waals surface area contributed by atoms with Crippen LogP contribution in [0.15, 0.2) is 34.1 Å². The van der Waals surface area contributed by atoms with Gasteiger partial charge < -0.3 is 14.8 Å². The quantitative estimate of drug-likeness (QED) is 0.310. The summed E-state index contributed by atoms with van der Waals surface area (Å²) in [6.45, 7) is 4.80. The number of ether oxygens (including phenoxy) is 2. The third kappa shape index (κ3) is 5.70. The van der Waals surface area contributed by atoms with Gasteiger partial charge >= 0.3 is 0 Å². The van der Waals surface area contributed by atoms with Crippen molar-refractivity contribution in [3.63, 3.8) is 0 Å². The van der Waals surface area contributed by atoms with Gasteiger partial charge in [-0.25, -0.2) is 4.98 Å². The first-order valence-electron chi connectivity index (χ1n) is 10.1. The third-order valence-corrected chi connectivity index (χ3v) is 5.99. The van der Waals surface area contributed by atoms with Crippen molar-refractivity contribution in [2.75, 3.05) is 45.3 Å². The number of thioether (sulfide) groups is 1. The van der Waals surface area contributed by atoms with Crippen molar-refractivity contribution in [1.82, 2.24) is 14.3 Å². The summed E-state index contributed by atoms with van der Waals surface area (Å²) in [5.74, 6) is 0.239. The highest BCUT2D eigenvalue weighted by atomic mass is 32.2. The Balaban J connectivity index is 1.90. The van der Waals surface area contributed by atoms with Crippen LogP contribution in [0.3, 0.4) is 0 Å². The molecule has 1 fully saturated rings. The topological polar surface area (TPSA) is 85.2 Å². The van der Waals surface area contributed by atoms with Gasteiger partial charge in [0.1, 0.15) is 15.8 Å². The average Bonchev–Trinajstić information content (AvgIpc) is 3.04. The van der Waals surface area contributed by atoms with E-state index in [2.05, 4.69) is 10.3 Å². The number of hydrogen-bond acceptors (Lipinski definition) is 8. The van der Waals surface area contributed by atoms with Crippen LogP contribution in [0.2, 0.25) is 0 Å². The number of fused-ring (bicyclic) bond motifs is 1. The number of thiocarbonyl (C=S) groups is 1. The van der Waals surface area contributed by atoms with E-state index in [0.29, 0.717) is 65.6 Å². The zero-order valence-electron chi connectivity index (χ0n) is 17.6. The number of aromatic nitrogens is 2. The highest BCUT2D eigenvalue weighted by Gasteiger charge is 2.32. The molecule has 1 aliphatic heterocycles. The SMILES string of the molecule is CCOCCCN1C(=O)/C(=C\c2c(NCCCOC)nc3ccccn3c2=O)SC1=S. The van der Waals surface area contributed by atoms with Crippen molar-refractivity contribution in [3.8, 4) is 0 Å². The predicted molar refractivity (Wildman–Crippen MR) is 127 cm³/mol. The summed E-state index contributed by atoms with van der Waals surface area (Å²) >= 11 is 6.59. The van der Waals surface area contributed by atoms with Gasteiger partial charge in [0.2, 0.25) is 0 Å². The van der Waals surface area contributed by atoms with Crippen LogP contribution >= 0.6 is 24.0 Å². The van der Waals surface area contributed by atoms with Crippen molar-refractivity contribution in [1.29, 1.82) is 0 Å². The van der Waals surface area contributed by atoms with Crippen LogP contribution in [0.25, 0.3) is 11.7 Å². The van der Waals surface area contributed by atoms with Crippen molar-refractivity contribution < 1.29 is 14.3 Å². The summed E-state index contributed by atoms with van der Waals surface area (Å²) in [6, 6.07) is 5.36. The predicted octanol–water partition coefficient (Wildman–Crippen LogP) is 2.77. The van der Waals surface area contributed by atoms with Crippen LogP contribution in [0.1, 0.15) is 25.3 Å². The molecule has 1 N–H and O–H groups in total. The second-order valence-corrected chi connectivity index (χ2v) is 8.44. The minimum absolute atomic E-state index is 0.200. The van der Waals surface area contributed by atoms with Crippen LogP contribution in [-0.4, -0.2) is 64.5 Å². The molecule has 0 unspecified atom stereocenters. The molecule has 3 heterocycles. The summed E-state index contributed by atoms with van der Waals surface area (Å²) in [4.78, 5) is 32.6. The maximum Gasteiger partial charge on any atom is 0.267 e. The number of nitrogens with one attached hydrogen (secondary N) is 1. The van der Waals surface area contributed by atoms with Gasteiger partial charge in [-0.15, -0.1) is 0 Å².